The highest BCUT2D eigenvalue weighted by Gasteiger charge is 2.28. The molecule has 2 unspecified atom stereocenters. The molecule has 1 saturated heterocycles. The zero-order chi connectivity index (χ0) is 15.2. The van der Waals surface area contributed by atoms with Crippen LogP contribution in [0.3, 0.4) is 0 Å². The SMILES string of the molecule is CC1CCCN(CC(=O)NCc2ccc(Cl)cc2)C1CO. The molecule has 5 heteroatoms. The smallest absolute Gasteiger partial charge is 0.234 e. The Morgan fingerprint density at radius 2 is 2.14 bits per heavy atom. The molecule has 1 fully saturated rings. The minimum atomic E-state index is -0.00231. The van der Waals surface area contributed by atoms with Gasteiger partial charge in [-0.3, -0.25) is 9.69 Å². The summed E-state index contributed by atoms with van der Waals surface area (Å²) in [6.07, 6.45) is 2.20. The van der Waals surface area contributed by atoms with Crippen molar-refractivity contribution in [1.82, 2.24) is 10.2 Å². The van der Waals surface area contributed by atoms with Crippen LogP contribution in [0.15, 0.2) is 24.3 Å². The highest BCUT2D eigenvalue weighted by Crippen LogP contribution is 2.22. The van der Waals surface area contributed by atoms with E-state index in [1.807, 2.05) is 24.3 Å². The number of benzene rings is 1. The Morgan fingerprint density at radius 1 is 1.43 bits per heavy atom. The number of nitrogens with zero attached hydrogens (tertiary/aromatic N) is 1. The molecule has 1 heterocycles. The normalized spacial score (nSPS) is 23.0. The van der Waals surface area contributed by atoms with Gasteiger partial charge < -0.3 is 10.4 Å². The van der Waals surface area contributed by atoms with Crippen molar-refractivity contribution in [1.29, 1.82) is 0 Å². The quantitative estimate of drug-likeness (QED) is 0.875. The van der Waals surface area contributed by atoms with Gasteiger partial charge in [0, 0.05) is 17.6 Å². The third-order valence-corrected chi connectivity index (χ3v) is 4.42. The molecule has 21 heavy (non-hydrogen) atoms. The van der Waals surface area contributed by atoms with Crippen molar-refractivity contribution in [2.24, 2.45) is 5.92 Å². The number of piperidine rings is 1. The molecule has 1 aromatic carbocycles. The van der Waals surface area contributed by atoms with Crippen molar-refractivity contribution >= 4 is 17.5 Å². The molecule has 2 atom stereocenters. The largest absolute Gasteiger partial charge is 0.395 e. The van der Waals surface area contributed by atoms with Crippen LogP contribution in [-0.4, -0.2) is 41.7 Å². The van der Waals surface area contributed by atoms with E-state index in [2.05, 4.69) is 17.1 Å². The van der Waals surface area contributed by atoms with Gasteiger partial charge in [0.05, 0.1) is 13.2 Å². The van der Waals surface area contributed by atoms with Crippen molar-refractivity contribution in [3.8, 4) is 0 Å². The maximum atomic E-state index is 12.1. The number of hydrogen-bond acceptors (Lipinski definition) is 3. The Labute approximate surface area is 131 Å². The maximum absolute atomic E-state index is 12.1. The van der Waals surface area contributed by atoms with E-state index in [0.717, 1.165) is 24.9 Å². The molecule has 116 valence electrons. The van der Waals surface area contributed by atoms with Crippen molar-refractivity contribution in [2.45, 2.75) is 32.4 Å². The molecule has 0 saturated carbocycles. The monoisotopic (exact) mass is 310 g/mol. The van der Waals surface area contributed by atoms with Crippen LogP contribution in [0.1, 0.15) is 25.3 Å². The lowest BCUT2D eigenvalue weighted by Gasteiger charge is -2.38. The fraction of sp³-hybridized carbons (Fsp3) is 0.562. The summed E-state index contributed by atoms with van der Waals surface area (Å²) in [4.78, 5) is 14.1. The molecule has 1 aromatic rings. The van der Waals surface area contributed by atoms with E-state index in [1.54, 1.807) is 0 Å². The summed E-state index contributed by atoms with van der Waals surface area (Å²) in [5.41, 5.74) is 1.03. The molecular weight excluding hydrogens is 288 g/mol. The van der Waals surface area contributed by atoms with E-state index >= 15 is 0 Å². The molecule has 0 aliphatic carbocycles. The summed E-state index contributed by atoms with van der Waals surface area (Å²) in [7, 11) is 0. The van der Waals surface area contributed by atoms with Gasteiger partial charge in [-0.05, 0) is 43.0 Å². The highest BCUT2D eigenvalue weighted by molar-refractivity contribution is 6.30. The number of likely N-dealkylation sites (tertiary alicyclic amines) is 1. The summed E-state index contributed by atoms with van der Waals surface area (Å²) in [5.74, 6) is 0.435. The number of halogens is 1. The van der Waals surface area contributed by atoms with Gasteiger partial charge in [-0.15, -0.1) is 0 Å². The van der Waals surface area contributed by atoms with Gasteiger partial charge in [0.25, 0.3) is 0 Å². The first kappa shape index (κ1) is 16.3. The molecular formula is C16H23ClN2O2. The van der Waals surface area contributed by atoms with Crippen LogP contribution in [0.2, 0.25) is 5.02 Å². The number of carbonyl (C=O) groups is 1. The van der Waals surface area contributed by atoms with Gasteiger partial charge >= 0.3 is 0 Å². The second kappa shape index (κ2) is 7.78. The van der Waals surface area contributed by atoms with E-state index in [0.29, 0.717) is 24.0 Å². The van der Waals surface area contributed by atoms with E-state index in [1.165, 1.54) is 0 Å². The third-order valence-electron chi connectivity index (χ3n) is 4.17. The Hall–Kier alpha value is -1.10. The molecule has 1 amide bonds. The second-order valence-corrected chi connectivity index (χ2v) is 6.18. The van der Waals surface area contributed by atoms with Gasteiger partial charge in [-0.25, -0.2) is 0 Å². The van der Waals surface area contributed by atoms with Crippen LogP contribution in [0.25, 0.3) is 0 Å². The zero-order valence-corrected chi connectivity index (χ0v) is 13.1. The first-order chi connectivity index (χ1) is 10.1. The summed E-state index contributed by atoms with van der Waals surface area (Å²) in [6.45, 7) is 3.99. The summed E-state index contributed by atoms with van der Waals surface area (Å²) < 4.78 is 0. The first-order valence-corrected chi connectivity index (χ1v) is 7.84. The third kappa shape index (κ3) is 4.70. The lowest BCUT2D eigenvalue weighted by atomic mass is 9.91. The second-order valence-electron chi connectivity index (χ2n) is 5.74. The van der Waals surface area contributed by atoms with Crippen molar-refractivity contribution in [2.75, 3.05) is 19.7 Å². The fourth-order valence-corrected chi connectivity index (χ4v) is 3.00. The standard InChI is InChI=1S/C16H23ClN2O2/c1-12-3-2-8-19(15(12)11-20)10-16(21)18-9-13-4-6-14(17)7-5-13/h4-7,12,15,20H,2-3,8-11H2,1H3,(H,18,21). The van der Waals surface area contributed by atoms with E-state index in [-0.39, 0.29) is 18.6 Å². The summed E-state index contributed by atoms with van der Waals surface area (Å²) >= 11 is 5.83. The van der Waals surface area contributed by atoms with Gasteiger partial charge in [-0.1, -0.05) is 30.7 Å². The van der Waals surface area contributed by atoms with Gasteiger partial charge in [0.2, 0.25) is 5.91 Å². The van der Waals surface area contributed by atoms with Gasteiger partial charge in [-0.2, -0.15) is 0 Å². The number of nitrogens with one attached hydrogen (secondary N) is 1. The molecule has 0 aromatic heterocycles. The fourth-order valence-electron chi connectivity index (χ4n) is 2.87. The molecule has 2 rings (SSSR count). The predicted octanol–water partition coefficient (Wildman–Crippen LogP) is 2.05. The highest BCUT2D eigenvalue weighted by atomic mass is 35.5. The zero-order valence-electron chi connectivity index (χ0n) is 12.4. The number of amides is 1. The van der Waals surface area contributed by atoms with Crippen LogP contribution in [-0.2, 0) is 11.3 Å². The minimum Gasteiger partial charge on any atom is -0.395 e. The van der Waals surface area contributed by atoms with Crippen LogP contribution in [0, 0.1) is 5.92 Å². The number of aliphatic hydroxyl groups is 1. The lowest BCUT2D eigenvalue weighted by Crippen LogP contribution is -2.50. The number of hydrogen-bond donors (Lipinski definition) is 2. The summed E-state index contributed by atoms with van der Waals surface area (Å²) in [5, 5.41) is 13.1. The Balaban J connectivity index is 1.82. The van der Waals surface area contributed by atoms with E-state index < -0.39 is 0 Å². The Bertz CT molecular complexity index is 464. The van der Waals surface area contributed by atoms with E-state index in [4.69, 9.17) is 11.6 Å². The average molecular weight is 311 g/mol. The molecule has 0 spiro atoms. The Kier molecular flexibility index (Phi) is 6.03. The summed E-state index contributed by atoms with van der Waals surface area (Å²) in [6, 6.07) is 7.54. The van der Waals surface area contributed by atoms with Crippen molar-refractivity contribution < 1.29 is 9.90 Å². The topological polar surface area (TPSA) is 52.6 Å². The number of carbonyl (C=O) groups excluding carboxylic acids is 1. The van der Waals surface area contributed by atoms with Crippen LogP contribution >= 0.6 is 11.6 Å². The van der Waals surface area contributed by atoms with Crippen molar-refractivity contribution in [3.63, 3.8) is 0 Å². The minimum absolute atomic E-state index is 0.00231. The lowest BCUT2D eigenvalue weighted by molar-refractivity contribution is -0.124. The van der Waals surface area contributed by atoms with E-state index in [9.17, 15) is 9.90 Å². The maximum Gasteiger partial charge on any atom is 0.234 e. The number of aliphatic hydroxyl groups excluding tert-OH is 1. The molecule has 2 N–H and O–H groups in total. The number of rotatable bonds is 5. The molecule has 1 aliphatic heterocycles. The molecule has 0 bridgehead atoms. The van der Waals surface area contributed by atoms with Crippen molar-refractivity contribution in [3.05, 3.63) is 34.9 Å². The van der Waals surface area contributed by atoms with Crippen LogP contribution in [0.5, 0.6) is 0 Å². The van der Waals surface area contributed by atoms with Gasteiger partial charge in [0.1, 0.15) is 0 Å². The van der Waals surface area contributed by atoms with Gasteiger partial charge in [0.15, 0.2) is 0 Å². The molecule has 4 nitrogen and oxygen atoms in total. The van der Waals surface area contributed by atoms with Crippen LogP contribution in [0.4, 0.5) is 0 Å². The molecule has 1 aliphatic rings. The Morgan fingerprint density at radius 3 is 2.81 bits per heavy atom. The van der Waals surface area contributed by atoms with Crippen LogP contribution < -0.4 is 5.32 Å². The predicted molar refractivity (Wildman–Crippen MR) is 84.1 cm³/mol. The average Bonchev–Trinajstić information content (AvgIpc) is 2.47. The molecule has 0 radical (unpaired) electrons. The first-order valence-electron chi connectivity index (χ1n) is 7.46.